The molecule has 5 heterocycles. The Bertz CT molecular complexity index is 2220. The number of likely N-dealkylation sites (tertiary alicyclic amines) is 2. The number of imidazole rings is 1. The van der Waals surface area contributed by atoms with Crippen LogP contribution in [0, 0.1) is 53.3 Å². The van der Waals surface area contributed by atoms with Crippen LogP contribution in [-0.2, 0) is 23.9 Å². The molecule has 0 bridgehead atoms. The van der Waals surface area contributed by atoms with Crippen LogP contribution in [-0.4, -0.2) is 97.5 Å². The highest BCUT2D eigenvalue weighted by molar-refractivity contribution is 7.00. The highest BCUT2D eigenvalue weighted by Gasteiger charge is 2.42. The van der Waals surface area contributed by atoms with E-state index < -0.39 is 18.1 Å². The van der Waals surface area contributed by atoms with Gasteiger partial charge in [0.2, 0.25) is 11.8 Å². The lowest BCUT2D eigenvalue weighted by molar-refractivity contribution is -0.148. The number of aliphatic imine (C=N–C) groups is 1. The largest absolute Gasteiger partial charge is 0.469 e. The number of ether oxygens (including phenoxy) is 2. The van der Waals surface area contributed by atoms with E-state index in [0.717, 1.165) is 41.4 Å². The first-order valence-corrected chi connectivity index (χ1v) is 20.1. The first-order valence-electron chi connectivity index (χ1n) is 19.4. The summed E-state index contributed by atoms with van der Waals surface area (Å²) in [6.45, 7) is 13.1. The fourth-order valence-corrected chi connectivity index (χ4v) is 8.34. The lowest BCUT2D eigenvalue weighted by Gasteiger charge is -2.30. The van der Waals surface area contributed by atoms with E-state index in [0.29, 0.717) is 53.5 Å². The van der Waals surface area contributed by atoms with Crippen molar-refractivity contribution in [2.75, 3.05) is 27.3 Å². The highest BCUT2D eigenvalue weighted by atomic mass is 32.1. The van der Waals surface area contributed by atoms with Crippen molar-refractivity contribution < 1.29 is 28.7 Å². The molecule has 2 saturated heterocycles. The van der Waals surface area contributed by atoms with Gasteiger partial charge in [-0.1, -0.05) is 59.3 Å². The third kappa shape index (κ3) is 9.21. The van der Waals surface area contributed by atoms with Gasteiger partial charge in [-0.15, -0.1) is 0 Å². The number of hydrogen-bond donors (Lipinski definition) is 2. The summed E-state index contributed by atoms with van der Waals surface area (Å²) in [5.74, 6) is 12.9. The first kappa shape index (κ1) is 41.1. The number of alkyl carbamates (subject to hydrolysis) is 1. The number of esters is 1. The van der Waals surface area contributed by atoms with Gasteiger partial charge in [0.15, 0.2) is 0 Å². The van der Waals surface area contributed by atoms with Crippen LogP contribution < -0.4 is 5.32 Å². The normalized spacial score (nSPS) is 21.4. The van der Waals surface area contributed by atoms with Crippen molar-refractivity contribution in [2.45, 2.75) is 85.4 Å². The number of carbonyl (C=O) groups excluding carboxylic acids is 4. The molecular formula is C42H50N8O6S. The second-order valence-corrected chi connectivity index (χ2v) is 16.5. The SMILES string of the molecule is COC(=O)C[C@H](C(=O)N1C[C@@H](C)C[C@H]1C1=NC=C(C#Cc2ccc(C#Cc3cnc([C@@H]4C[C@H](C)CN4C(=O)[C@@H](NC(=O)OC)C(C)C)[nH]3)c3nsnc23)C1)C(C)C. The summed E-state index contributed by atoms with van der Waals surface area (Å²) < 4.78 is 18.7. The molecule has 0 unspecified atom stereocenters. The molecule has 0 radical (unpaired) electrons. The van der Waals surface area contributed by atoms with Crippen molar-refractivity contribution in [3.8, 4) is 23.7 Å². The van der Waals surface area contributed by atoms with Gasteiger partial charge in [-0.05, 0) is 54.6 Å². The molecule has 3 aliphatic rings. The van der Waals surface area contributed by atoms with Crippen molar-refractivity contribution in [1.82, 2.24) is 33.8 Å². The van der Waals surface area contributed by atoms with Crippen molar-refractivity contribution >= 4 is 52.4 Å². The van der Waals surface area contributed by atoms with Gasteiger partial charge in [0.1, 0.15) is 28.6 Å². The van der Waals surface area contributed by atoms with Crippen LogP contribution in [0.2, 0.25) is 0 Å². The summed E-state index contributed by atoms with van der Waals surface area (Å²) in [6.07, 6.45) is 4.93. The maximum absolute atomic E-state index is 13.7. The molecule has 1 aromatic carbocycles. The monoisotopic (exact) mass is 794 g/mol. The molecule has 15 heteroatoms. The molecule has 2 aromatic heterocycles. The second-order valence-electron chi connectivity index (χ2n) is 15.9. The van der Waals surface area contributed by atoms with Crippen LogP contribution in [0.15, 0.2) is 35.1 Å². The standard InChI is InChI=1S/C42H50N8O6S/c1-23(2)31(18-35(51)55-7)40(52)49-21-25(5)15-33(49)32-17-27(19-43-32)9-10-28-11-12-29(38-37(28)47-57-48-38)13-14-30-20-44-39(45-30)34-16-26(6)22-50(34)41(53)36(24(3)4)46-42(54)56-8/h11-12,19-20,23-26,31,33-34,36H,15-18,21-22H2,1-8H3,(H,44,45)(H,46,54)/t25-,26-,31-,33-,34-,36-/m0/s1. The van der Waals surface area contributed by atoms with Crippen LogP contribution in [0.1, 0.15) is 95.9 Å². The molecule has 6 atom stereocenters. The second kappa shape index (κ2) is 17.7. The van der Waals surface area contributed by atoms with Gasteiger partial charge < -0.3 is 29.6 Å². The number of fused-ring (bicyclic) bond motifs is 1. The zero-order valence-corrected chi connectivity index (χ0v) is 34.5. The number of amides is 3. The van der Waals surface area contributed by atoms with E-state index in [4.69, 9.17) is 14.5 Å². The fourth-order valence-electron chi connectivity index (χ4n) is 7.76. The minimum atomic E-state index is -0.727. The fraction of sp³-hybridized carbons (Fsp3) is 0.524. The smallest absolute Gasteiger partial charge is 0.407 e. The molecule has 57 heavy (non-hydrogen) atoms. The third-order valence-corrected chi connectivity index (χ3v) is 11.4. The molecular weight excluding hydrogens is 745 g/mol. The molecule has 0 saturated carbocycles. The molecule has 3 amide bonds. The lowest BCUT2D eigenvalue weighted by Crippen LogP contribution is -2.51. The van der Waals surface area contributed by atoms with E-state index in [1.54, 1.807) is 17.3 Å². The number of carbonyl (C=O) groups is 4. The van der Waals surface area contributed by atoms with Gasteiger partial charge >= 0.3 is 12.1 Å². The Morgan fingerprint density at radius 3 is 2.12 bits per heavy atom. The van der Waals surface area contributed by atoms with Gasteiger partial charge in [0, 0.05) is 37.0 Å². The molecule has 3 aliphatic heterocycles. The Balaban J connectivity index is 1.13. The van der Waals surface area contributed by atoms with Crippen LogP contribution in [0.4, 0.5) is 4.79 Å². The molecule has 6 rings (SSSR count). The van der Waals surface area contributed by atoms with Crippen LogP contribution in [0.25, 0.3) is 11.0 Å². The number of methoxy groups -OCH3 is 2. The minimum absolute atomic E-state index is 0.00976. The number of nitrogens with zero attached hydrogens (tertiary/aromatic N) is 6. The topological polar surface area (TPSA) is 172 Å². The first-order chi connectivity index (χ1) is 27.3. The third-order valence-electron chi connectivity index (χ3n) is 10.9. The Morgan fingerprint density at radius 2 is 1.51 bits per heavy atom. The van der Waals surface area contributed by atoms with E-state index in [-0.39, 0.29) is 54.0 Å². The maximum atomic E-state index is 13.7. The van der Waals surface area contributed by atoms with Crippen molar-refractivity contribution in [3.05, 3.63) is 52.7 Å². The molecule has 0 spiro atoms. The lowest BCUT2D eigenvalue weighted by atomic mass is 9.90. The number of nitrogens with one attached hydrogen (secondary N) is 2. The number of aromatic nitrogens is 4. The molecule has 2 fully saturated rings. The average Bonchev–Trinajstić information content (AvgIpc) is 4.04. The van der Waals surface area contributed by atoms with Gasteiger partial charge in [-0.2, -0.15) is 8.75 Å². The summed E-state index contributed by atoms with van der Waals surface area (Å²) in [6, 6.07) is 2.61. The van der Waals surface area contributed by atoms with Crippen LogP contribution in [0.3, 0.4) is 0 Å². The molecule has 3 aromatic rings. The number of hydrogen-bond acceptors (Lipinski definition) is 11. The Morgan fingerprint density at radius 1 is 0.877 bits per heavy atom. The number of aromatic amines is 1. The average molecular weight is 795 g/mol. The summed E-state index contributed by atoms with van der Waals surface area (Å²) >= 11 is 1.09. The molecule has 0 aliphatic carbocycles. The minimum Gasteiger partial charge on any atom is -0.469 e. The summed E-state index contributed by atoms with van der Waals surface area (Å²) in [5, 5.41) is 2.69. The number of allylic oxidation sites excluding steroid dienone is 1. The highest BCUT2D eigenvalue weighted by Crippen LogP contribution is 2.35. The molecule has 300 valence electrons. The summed E-state index contributed by atoms with van der Waals surface area (Å²) in [4.78, 5) is 67.8. The van der Waals surface area contributed by atoms with Gasteiger partial charge in [-0.25, -0.2) is 9.78 Å². The Labute approximate surface area is 337 Å². The van der Waals surface area contributed by atoms with E-state index in [1.807, 2.05) is 44.7 Å². The van der Waals surface area contributed by atoms with E-state index in [9.17, 15) is 19.2 Å². The molecule has 2 N–H and O–H groups in total. The molecule has 14 nitrogen and oxygen atoms in total. The Kier molecular flexibility index (Phi) is 12.8. The van der Waals surface area contributed by atoms with Crippen LogP contribution >= 0.6 is 11.7 Å². The number of benzene rings is 1. The number of H-pyrrole nitrogens is 1. The van der Waals surface area contributed by atoms with Crippen molar-refractivity contribution in [1.29, 1.82) is 0 Å². The van der Waals surface area contributed by atoms with E-state index in [1.165, 1.54) is 14.2 Å². The number of rotatable bonds is 9. The van der Waals surface area contributed by atoms with Crippen molar-refractivity contribution in [2.24, 2.45) is 34.6 Å². The van der Waals surface area contributed by atoms with E-state index >= 15 is 0 Å². The summed E-state index contributed by atoms with van der Waals surface area (Å²) in [7, 11) is 2.62. The van der Waals surface area contributed by atoms with Gasteiger partial charge in [0.25, 0.3) is 0 Å². The van der Waals surface area contributed by atoms with Crippen LogP contribution in [0.5, 0.6) is 0 Å². The van der Waals surface area contributed by atoms with Crippen molar-refractivity contribution in [3.63, 3.8) is 0 Å². The quantitative estimate of drug-likeness (QED) is 0.217. The Hall–Kier alpha value is -5.54. The van der Waals surface area contributed by atoms with Gasteiger partial charge in [-0.3, -0.25) is 19.4 Å². The summed E-state index contributed by atoms with van der Waals surface area (Å²) in [5.41, 5.74) is 5.06. The zero-order chi connectivity index (χ0) is 41.0. The van der Waals surface area contributed by atoms with E-state index in [2.05, 4.69) is 61.6 Å². The predicted molar refractivity (Wildman–Crippen MR) is 216 cm³/mol. The zero-order valence-electron chi connectivity index (χ0n) is 33.7. The predicted octanol–water partition coefficient (Wildman–Crippen LogP) is 5.26. The maximum Gasteiger partial charge on any atom is 0.407 e. The van der Waals surface area contributed by atoms with Gasteiger partial charge in [0.05, 0.1) is 67.7 Å².